The Kier molecular flexibility index (Phi) is 9.39. The molecule has 1 aromatic carbocycles. The zero-order chi connectivity index (χ0) is 26.7. The molecule has 2 heterocycles. The Balaban J connectivity index is 1.56. The summed E-state index contributed by atoms with van der Waals surface area (Å²) in [6.07, 6.45) is 0.0487. The average Bonchev–Trinajstić information content (AvgIpc) is 3.23. The van der Waals surface area contributed by atoms with E-state index in [4.69, 9.17) is 16.0 Å². The van der Waals surface area contributed by atoms with E-state index in [-0.39, 0.29) is 35.3 Å². The first kappa shape index (κ1) is 28.8. The molecule has 1 fully saturated rings. The van der Waals surface area contributed by atoms with E-state index in [0.29, 0.717) is 27.9 Å². The molecule has 7 nitrogen and oxygen atoms in total. The number of aliphatic hydroxyl groups is 1. The Labute approximate surface area is 224 Å². The van der Waals surface area contributed by atoms with Crippen LogP contribution in [0, 0.1) is 5.82 Å². The molecule has 12 heteroatoms. The highest BCUT2D eigenvalue weighted by Crippen LogP contribution is 2.36. The number of halogens is 2. The summed E-state index contributed by atoms with van der Waals surface area (Å²) in [5, 5.41) is 15.7. The Morgan fingerprint density at radius 1 is 1.36 bits per heavy atom. The summed E-state index contributed by atoms with van der Waals surface area (Å²) in [6, 6.07) is 7.82. The van der Waals surface area contributed by atoms with E-state index in [1.165, 1.54) is 6.07 Å². The van der Waals surface area contributed by atoms with Crippen molar-refractivity contribution in [1.29, 1.82) is 0 Å². The summed E-state index contributed by atoms with van der Waals surface area (Å²) in [5.74, 6) is -0.972. The van der Waals surface area contributed by atoms with Crippen LogP contribution in [0.25, 0.3) is 0 Å². The van der Waals surface area contributed by atoms with Crippen molar-refractivity contribution in [2.24, 2.45) is 0 Å². The summed E-state index contributed by atoms with van der Waals surface area (Å²) in [7, 11) is -1.08. The average molecular weight is 572 g/mol. The van der Waals surface area contributed by atoms with Gasteiger partial charge in [-0.2, -0.15) is 0 Å². The number of anilines is 2. The van der Waals surface area contributed by atoms with Gasteiger partial charge in [0.2, 0.25) is 0 Å². The summed E-state index contributed by atoms with van der Waals surface area (Å²) >= 11 is 6.99. The lowest BCUT2D eigenvalue weighted by atomic mass is 10.1. The van der Waals surface area contributed by atoms with Crippen molar-refractivity contribution >= 4 is 64.7 Å². The van der Waals surface area contributed by atoms with E-state index < -0.39 is 26.3 Å². The van der Waals surface area contributed by atoms with Gasteiger partial charge < -0.3 is 25.1 Å². The van der Waals surface area contributed by atoms with Gasteiger partial charge in [0.1, 0.15) is 11.9 Å². The molecule has 3 rings (SSSR count). The molecule has 0 spiro atoms. The van der Waals surface area contributed by atoms with Crippen molar-refractivity contribution in [3.05, 3.63) is 45.4 Å². The normalized spacial score (nSPS) is 17.8. The second kappa shape index (κ2) is 11.7. The van der Waals surface area contributed by atoms with Crippen molar-refractivity contribution in [2.75, 3.05) is 29.9 Å². The fourth-order valence-corrected chi connectivity index (χ4v) is 6.19. The standard InChI is InChI=1S/C24H35ClFN3O4SSi2/c1-24(2,35)36(3,4)33-19-6-5-11-29(23(19)32)15-7-8-18(17(26)12-15)27-13-16(30)14-28-22(31)20-9-10-21(25)34-20/h7-10,12,16,19,27,30H,5-6,11,13-14H2,1-4,35H3,(H,28,31)/t16-,19?/m0/s1. The van der Waals surface area contributed by atoms with Gasteiger partial charge in [0, 0.05) is 35.6 Å². The monoisotopic (exact) mass is 571 g/mol. The summed E-state index contributed by atoms with van der Waals surface area (Å²) < 4.78 is 21.9. The van der Waals surface area contributed by atoms with Crippen LogP contribution in [0.2, 0.25) is 22.1 Å². The number of rotatable bonds is 10. The molecular formula is C24H35ClFN3O4SSi2. The molecule has 0 aliphatic carbocycles. The van der Waals surface area contributed by atoms with Gasteiger partial charge in [-0.3, -0.25) is 9.59 Å². The maximum Gasteiger partial charge on any atom is 0.261 e. The van der Waals surface area contributed by atoms with Crippen molar-refractivity contribution in [1.82, 2.24) is 5.32 Å². The first-order valence-corrected chi connectivity index (χ1v) is 17.1. The highest BCUT2D eigenvalue weighted by atomic mass is 35.5. The van der Waals surface area contributed by atoms with Gasteiger partial charge in [-0.05, 0) is 60.9 Å². The molecule has 2 aromatic rings. The molecule has 0 bridgehead atoms. The first-order valence-electron chi connectivity index (χ1n) is 12.0. The number of piperidine rings is 1. The Morgan fingerprint density at radius 2 is 2.08 bits per heavy atom. The Bertz CT molecular complexity index is 1100. The van der Waals surface area contributed by atoms with Crippen molar-refractivity contribution < 1.29 is 23.5 Å². The minimum Gasteiger partial charge on any atom is -0.405 e. The molecule has 1 aliphatic rings. The molecule has 1 saturated heterocycles. The van der Waals surface area contributed by atoms with Crippen LogP contribution in [0.1, 0.15) is 36.4 Å². The van der Waals surface area contributed by atoms with E-state index in [1.807, 2.05) is 0 Å². The first-order chi connectivity index (χ1) is 16.8. The van der Waals surface area contributed by atoms with Gasteiger partial charge in [0.15, 0.2) is 8.32 Å². The molecule has 1 unspecified atom stereocenters. The molecule has 0 saturated carbocycles. The Hall–Kier alpha value is -1.77. The van der Waals surface area contributed by atoms with Crippen LogP contribution in [0.4, 0.5) is 15.8 Å². The zero-order valence-corrected chi connectivity index (χ0v) is 25.9. The number of hydrogen-bond acceptors (Lipinski definition) is 6. The quantitative estimate of drug-likeness (QED) is 0.379. The second-order valence-electron chi connectivity index (χ2n) is 10.5. The number of nitrogens with one attached hydrogen (secondary N) is 2. The van der Waals surface area contributed by atoms with Gasteiger partial charge in [-0.15, -0.1) is 11.3 Å². The Morgan fingerprint density at radius 3 is 2.69 bits per heavy atom. The summed E-state index contributed by atoms with van der Waals surface area (Å²) in [6.45, 7) is 9.26. The van der Waals surface area contributed by atoms with Gasteiger partial charge >= 0.3 is 0 Å². The van der Waals surface area contributed by atoms with Crippen LogP contribution in [-0.4, -0.2) is 67.3 Å². The van der Waals surface area contributed by atoms with Gasteiger partial charge in [-0.1, -0.05) is 25.4 Å². The highest BCUT2D eigenvalue weighted by molar-refractivity contribution is 7.18. The van der Waals surface area contributed by atoms with Gasteiger partial charge in [0.25, 0.3) is 11.8 Å². The van der Waals surface area contributed by atoms with E-state index >= 15 is 0 Å². The van der Waals surface area contributed by atoms with Gasteiger partial charge in [0.05, 0.1) is 21.0 Å². The molecule has 1 aliphatic heterocycles. The van der Waals surface area contributed by atoms with Crippen LogP contribution in [-0.2, 0) is 9.22 Å². The molecular weight excluding hydrogens is 537 g/mol. The van der Waals surface area contributed by atoms with Gasteiger partial charge in [-0.25, -0.2) is 4.39 Å². The third-order valence-corrected chi connectivity index (χ3v) is 16.0. The number of carbonyl (C=O) groups is 2. The van der Waals surface area contributed by atoms with Crippen molar-refractivity contribution in [2.45, 2.75) is 56.7 Å². The largest absolute Gasteiger partial charge is 0.405 e. The van der Waals surface area contributed by atoms with E-state index in [9.17, 15) is 19.1 Å². The number of benzene rings is 1. The summed E-state index contributed by atoms with van der Waals surface area (Å²) in [4.78, 5) is 27.3. The van der Waals surface area contributed by atoms with Crippen LogP contribution in [0.15, 0.2) is 30.3 Å². The fourth-order valence-electron chi connectivity index (χ4n) is 3.59. The molecule has 2 amide bonds. The maximum atomic E-state index is 14.9. The molecule has 198 valence electrons. The van der Waals surface area contributed by atoms with E-state index in [0.717, 1.165) is 28.0 Å². The minimum atomic E-state index is -2.06. The zero-order valence-electron chi connectivity index (χ0n) is 21.4. The maximum absolute atomic E-state index is 14.9. The summed E-state index contributed by atoms with van der Waals surface area (Å²) in [5.41, 5.74) is 0.695. The number of hydrogen-bond donors (Lipinski definition) is 3. The number of amides is 2. The lowest BCUT2D eigenvalue weighted by Crippen LogP contribution is -2.53. The lowest BCUT2D eigenvalue weighted by Gasteiger charge is -2.41. The molecule has 3 N–H and O–H groups in total. The highest BCUT2D eigenvalue weighted by Gasteiger charge is 2.42. The molecule has 0 radical (unpaired) electrons. The van der Waals surface area contributed by atoms with E-state index in [1.54, 1.807) is 29.2 Å². The van der Waals surface area contributed by atoms with Crippen LogP contribution < -0.4 is 15.5 Å². The second-order valence-corrected chi connectivity index (χ2v) is 20.5. The minimum absolute atomic E-state index is 0.00143. The third kappa shape index (κ3) is 7.17. The van der Waals surface area contributed by atoms with E-state index in [2.05, 4.69) is 37.6 Å². The third-order valence-electron chi connectivity index (χ3n) is 6.72. The fraction of sp³-hybridized carbons (Fsp3) is 0.500. The molecule has 36 heavy (non-hydrogen) atoms. The smallest absolute Gasteiger partial charge is 0.261 e. The number of nitrogens with zero attached hydrogens (tertiary/aromatic N) is 1. The predicted octanol–water partition coefficient (Wildman–Crippen LogP) is 3.56. The van der Waals surface area contributed by atoms with Crippen LogP contribution in [0.3, 0.4) is 0 Å². The van der Waals surface area contributed by atoms with Crippen molar-refractivity contribution in [3.63, 3.8) is 0 Å². The molecule has 2 atom stereocenters. The van der Waals surface area contributed by atoms with Crippen LogP contribution in [0.5, 0.6) is 0 Å². The van der Waals surface area contributed by atoms with Crippen LogP contribution >= 0.6 is 22.9 Å². The number of aliphatic hydroxyl groups excluding tert-OH is 1. The predicted molar refractivity (Wildman–Crippen MR) is 150 cm³/mol. The number of carbonyl (C=O) groups excluding carboxylic acids is 2. The van der Waals surface area contributed by atoms with Crippen molar-refractivity contribution in [3.8, 4) is 0 Å². The molecule has 1 aromatic heterocycles. The topological polar surface area (TPSA) is 90.9 Å². The number of thiophene rings is 1. The lowest BCUT2D eigenvalue weighted by molar-refractivity contribution is -0.127. The SMILES string of the molecule is CC(C)([SiH3])[Si](C)(C)OC1CCCN(c2ccc(NC[C@H](O)CNC(=O)c3ccc(Cl)s3)c(F)c2)C1=O.